The first-order chi connectivity index (χ1) is 16.0. The van der Waals surface area contributed by atoms with E-state index in [-0.39, 0.29) is 17.2 Å². The second-order valence-electron chi connectivity index (χ2n) is 7.63. The molecule has 0 bridgehead atoms. The van der Waals surface area contributed by atoms with Crippen molar-refractivity contribution in [3.8, 4) is 0 Å². The number of carbonyl (C=O) groups excluding carboxylic acids is 3. The quantitative estimate of drug-likeness (QED) is 0.524. The Bertz CT molecular complexity index is 1130. The number of amides is 2. The van der Waals surface area contributed by atoms with Crippen molar-refractivity contribution in [2.24, 2.45) is 0 Å². The molecule has 1 aliphatic heterocycles. The van der Waals surface area contributed by atoms with Gasteiger partial charge in [0.25, 0.3) is 5.91 Å². The van der Waals surface area contributed by atoms with Gasteiger partial charge in [-0.05, 0) is 53.9 Å². The molecule has 0 spiro atoms. The number of anilines is 1. The minimum atomic E-state index is -0.426. The lowest BCUT2D eigenvalue weighted by atomic mass is 10.1. The summed E-state index contributed by atoms with van der Waals surface area (Å²) in [5.74, 6) is -0.0744. The Morgan fingerprint density at radius 2 is 1.64 bits per heavy atom. The number of hydrogen-bond donors (Lipinski definition) is 1. The molecule has 1 fully saturated rings. The molecule has 3 aromatic carbocycles. The third kappa shape index (κ3) is 5.43. The van der Waals surface area contributed by atoms with E-state index < -0.39 is 5.97 Å². The minimum Gasteiger partial charge on any atom is -0.465 e. The van der Waals surface area contributed by atoms with E-state index in [1.807, 2.05) is 35.2 Å². The molecular formula is C26H24N2O4S. The second kappa shape index (κ2) is 10.4. The molecule has 2 amide bonds. The van der Waals surface area contributed by atoms with Gasteiger partial charge in [0.2, 0.25) is 5.91 Å². The molecule has 33 heavy (non-hydrogen) atoms. The molecular weight excluding hydrogens is 436 g/mol. The van der Waals surface area contributed by atoms with Gasteiger partial charge in [0, 0.05) is 17.8 Å². The first-order valence-electron chi connectivity index (χ1n) is 10.6. The van der Waals surface area contributed by atoms with Gasteiger partial charge >= 0.3 is 5.97 Å². The Balaban J connectivity index is 1.39. The highest BCUT2D eigenvalue weighted by Crippen LogP contribution is 2.38. The summed E-state index contributed by atoms with van der Waals surface area (Å²) < 4.78 is 4.68. The fraction of sp³-hybridized carbons (Fsp3) is 0.192. The lowest BCUT2D eigenvalue weighted by Crippen LogP contribution is -2.30. The average molecular weight is 461 g/mol. The van der Waals surface area contributed by atoms with E-state index in [0.29, 0.717) is 29.1 Å². The summed E-state index contributed by atoms with van der Waals surface area (Å²) in [6, 6.07) is 24.0. The molecule has 3 aromatic rings. The summed E-state index contributed by atoms with van der Waals surface area (Å²) in [5.41, 5.74) is 3.72. The molecule has 168 valence electrons. The SMILES string of the molecule is COC(=O)c1ccc(NC(=O)c2ccc([C@H]3SCC(=O)N3CCc3ccccc3)cc2)cc1. The maximum atomic E-state index is 12.6. The van der Waals surface area contributed by atoms with Gasteiger partial charge in [-0.1, -0.05) is 42.5 Å². The molecule has 0 saturated carbocycles. The lowest BCUT2D eigenvalue weighted by Gasteiger charge is -2.24. The smallest absolute Gasteiger partial charge is 0.337 e. The van der Waals surface area contributed by atoms with Crippen LogP contribution in [0.1, 0.15) is 37.2 Å². The monoisotopic (exact) mass is 460 g/mol. The van der Waals surface area contributed by atoms with Gasteiger partial charge in [-0.25, -0.2) is 4.79 Å². The maximum absolute atomic E-state index is 12.6. The third-order valence-corrected chi connectivity index (χ3v) is 6.73. The van der Waals surface area contributed by atoms with Crippen molar-refractivity contribution in [3.05, 3.63) is 101 Å². The Kier molecular flexibility index (Phi) is 7.10. The van der Waals surface area contributed by atoms with Gasteiger partial charge in [-0.2, -0.15) is 0 Å². The predicted octanol–water partition coefficient (Wildman–Crippen LogP) is 4.54. The summed E-state index contributed by atoms with van der Waals surface area (Å²) in [5, 5.41) is 2.77. The number of thioether (sulfide) groups is 1. The fourth-order valence-corrected chi connectivity index (χ4v) is 4.89. The number of nitrogens with zero attached hydrogens (tertiary/aromatic N) is 1. The predicted molar refractivity (Wildman–Crippen MR) is 129 cm³/mol. The second-order valence-corrected chi connectivity index (χ2v) is 8.70. The number of nitrogens with one attached hydrogen (secondary N) is 1. The van der Waals surface area contributed by atoms with Gasteiger partial charge < -0.3 is 15.0 Å². The number of carbonyl (C=O) groups is 3. The van der Waals surface area contributed by atoms with Crippen LogP contribution in [0.5, 0.6) is 0 Å². The number of methoxy groups -OCH3 is 1. The van der Waals surface area contributed by atoms with Crippen LogP contribution in [0.15, 0.2) is 78.9 Å². The topological polar surface area (TPSA) is 75.7 Å². The van der Waals surface area contributed by atoms with Crippen molar-refractivity contribution in [2.45, 2.75) is 11.8 Å². The van der Waals surface area contributed by atoms with Crippen molar-refractivity contribution >= 4 is 35.2 Å². The van der Waals surface area contributed by atoms with Crippen LogP contribution in [0, 0.1) is 0 Å². The van der Waals surface area contributed by atoms with Crippen LogP contribution in [0.2, 0.25) is 0 Å². The highest BCUT2D eigenvalue weighted by atomic mass is 32.2. The molecule has 0 aliphatic carbocycles. The Labute approximate surface area is 196 Å². The van der Waals surface area contributed by atoms with Crippen molar-refractivity contribution in [3.63, 3.8) is 0 Å². The van der Waals surface area contributed by atoms with Crippen LogP contribution < -0.4 is 5.32 Å². The summed E-state index contributed by atoms with van der Waals surface area (Å²) >= 11 is 1.61. The summed E-state index contributed by atoms with van der Waals surface area (Å²) in [6.45, 7) is 0.657. The first kappa shape index (κ1) is 22.6. The van der Waals surface area contributed by atoms with Gasteiger partial charge in [0.15, 0.2) is 0 Å². The molecule has 0 radical (unpaired) electrons. The summed E-state index contributed by atoms with van der Waals surface area (Å²) in [6.07, 6.45) is 0.804. The van der Waals surface area contributed by atoms with Crippen LogP contribution in [0.3, 0.4) is 0 Å². The molecule has 0 unspecified atom stereocenters. The molecule has 1 aliphatic rings. The zero-order valence-corrected chi connectivity index (χ0v) is 19.0. The molecule has 1 heterocycles. The van der Waals surface area contributed by atoms with E-state index in [0.717, 1.165) is 12.0 Å². The van der Waals surface area contributed by atoms with Crippen molar-refractivity contribution in [2.75, 3.05) is 24.7 Å². The highest BCUT2D eigenvalue weighted by molar-refractivity contribution is 8.00. The largest absolute Gasteiger partial charge is 0.465 e. The third-order valence-electron chi connectivity index (χ3n) is 5.47. The molecule has 7 heteroatoms. The van der Waals surface area contributed by atoms with Crippen molar-refractivity contribution in [1.82, 2.24) is 4.90 Å². The zero-order valence-electron chi connectivity index (χ0n) is 18.2. The molecule has 1 saturated heterocycles. The number of benzene rings is 3. The van der Waals surface area contributed by atoms with Gasteiger partial charge in [-0.15, -0.1) is 11.8 Å². The number of ether oxygens (including phenoxy) is 1. The molecule has 1 N–H and O–H groups in total. The van der Waals surface area contributed by atoms with Crippen LogP contribution in [-0.2, 0) is 16.0 Å². The first-order valence-corrected chi connectivity index (χ1v) is 11.6. The minimum absolute atomic E-state index is 0.0517. The van der Waals surface area contributed by atoms with E-state index >= 15 is 0 Å². The summed E-state index contributed by atoms with van der Waals surface area (Å²) in [4.78, 5) is 38.5. The van der Waals surface area contributed by atoms with E-state index in [9.17, 15) is 14.4 Å². The van der Waals surface area contributed by atoms with E-state index in [1.165, 1.54) is 12.7 Å². The van der Waals surface area contributed by atoms with Crippen LogP contribution >= 0.6 is 11.8 Å². The number of esters is 1. The maximum Gasteiger partial charge on any atom is 0.337 e. The fourth-order valence-electron chi connectivity index (χ4n) is 3.68. The lowest BCUT2D eigenvalue weighted by molar-refractivity contribution is -0.128. The van der Waals surface area contributed by atoms with Crippen molar-refractivity contribution in [1.29, 1.82) is 0 Å². The van der Waals surface area contributed by atoms with E-state index in [4.69, 9.17) is 0 Å². The van der Waals surface area contributed by atoms with Gasteiger partial charge in [0.05, 0.1) is 18.4 Å². The van der Waals surface area contributed by atoms with Gasteiger partial charge in [0.1, 0.15) is 5.37 Å². The average Bonchev–Trinajstić information content (AvgIpc) is 3.23. The van der Waals surface area contributed by atoms with Crippen LogP contribution in [0.25, 0.3) is 0 Å². The van der Waals surface area contributed by atoms with Crippen LogP contribution in [0.4, 0.5) is 5.69 Å². The molecule has 6 nitrogen and oxygen atoms in total. The zero-order chi connectivity index (χ0) is 23.2. The van der Waals surface area contributed by atoms with E-state index in [1.54, 1.807) is 48.2 Å². The van der Waals surface area contributed by atoms with Crippen LogP contribution in [-0.4, -0.2) is 42.1 Å². The highest BCUT2D eigenvalue weighted by Gasteiger charge is 2.32. The Hall–Kier alpha value is -3.58. The number of hydrogen-bond acceptors (Lipinski definition) is 5. The molecule has 0 aromatic heterocycles. The standard InChI is InChI=1S/C26H24N2O4S/c1-32-26(31)21-11-13-22(14-12-21)27-24(30)19-7-9-20(10-8-19)25-28(23(29)17-33-25)16-15-18-5-3-2-4-6-18/h2-14,25H,15-17H2,1H3,(H,27,30)/t25-/m1/s1. The van der Waals surface area contributed by atoms with Gasteiger partial charge in [-0.3, -0.25) is 9.59 Å². The Morgan fingerprint density at radius 1 is 0.970 bits per heavy atom. The normalized spacial score (nSPS) is 15.4. The Morgan fingerprint density at radius 3 is 2.30 bits per heavy atom. The van der Waals surface area contributed by atoms with E-state index in [2.05, 4.69) is 22.2 Å². The molecule has 4 rings (SSSR count). The number of rotatable bonds is 7. The summed E-state index contributed by atoms with van der Waals surface area (Å²) in [7, 11) is 1.32. The molecule has 1 atom stereocenters. The van der Waals surface area contributed by atoms with Crippen molar-refractivity contribution < 1.29 is 19.1 Å².